The van der Waals surface area contributed by atoms with Crippen LogP contribution in [0.1, 0.15) is 43.4 Å². The Balaban J connectivity index is 1.68. The van der Waals surface area contributed by atoms with Gasteiger partial charge in [0.25, 0.3) is 6.43 Å². The number of anilines is 1. The van der Waals surface area contributed by atoms with Crippen LogP contribution in [0, 0.1) is 0 Å². The normalized spacial score (nSPS) is 14.2. The molecular weight excluding hydrogens is 411 g/mol. The summed E-state index contributed by atoms with van der Waals surface area (Å²) < 4.78 is 38.4. The minimum atomic E-state index is -2.45. The number of pyridine rings is 1. The van der Waals surface area contributed by atoms with Crippen molar-refractivity contribution in [2.24, 2.45) is 10.9 Å². The van der Waals surface area contributed by atoms with Crippen molar-refractivity contribution in [3.8, 4) is 0 Å². The molecule has 0 amide bonds. The molecule has 7 nitrogen and oxygen atoms in total. The van der Waals surface area contributed by atoms with Crippen LogP contribution in [0.5, 0.6) is 0 Å². The van der Waals surface area contributed by atoms with Crippen LogP contribution in [0.15, 0.2) is 29.3 Å². The monoisotopic (exact) mass is 441 g/mol. The van der Waals surface area contributed by atoms with Gasteiger partial charge in [0.15, 0.2) is 5.83 Å². The third-order valence-electron chi connectivity index (χ3n) is 4.85. The number of aromatic nitrogens is 1. The fourth-order valence-corrected chi connectivity index (χ4v) is 3.31. The Labute approximate surface area is 180 Å². The van der Waals surface area contributed by atoms with Crippen molar-refractivity contribution >= 4 is 18.0 Å². The Kier molecular flexibility index (Phi) is 10.8. The first-order chi connectivity index (χ1) is 15.0. The Hall–Kier alpha value is -2.62. The third-order valence-corrected chi connectivity index (χ3v) is 4.85. The van der Waals surface area contributed by atoms with Crippen molar-refractivity contribution in [3.05, 3.63) is 35.4 Å². The molecular formula is C21H30F3N5O2. The summed E-state index contributed by atoms with van der Waals surface area (Å²) in [5.41, 5.74) is 7.15. The molecule has 172 valence electrons. The third kappa shape index (κ3) is 9.82. The lowest BCUT2D eigenvalue weighted by Crippen LogP contribution is -2.31. The standard InChI is InChI=1S/C21H30F3N5O2/c22-17(13-25)14-27-31-20(30)7-4-12-29(15-19(23)24)11-2-1-6-18-9-8-16-5-3-10-26-21(16)28-18/h8-9,13-14,19H,1-7,10-12,15,25H2,(H,26,28)/b17-13+,27-14+. The van der Waals surface area contributed by atoms with E-state index >= 15 is 0 Å². The molecule has 1 aliphatic rings. The van der Waals surface area contributed by atoms with Crippen LogP contribution in [0.3, 0.4) is 0 Å². The molecule has 1 aromatic rings. The van der Waals surface area contributed by atoms with Crippen LogP contribution in [0.4, 0.5) is 19.0 Å². The summed E-state index contributed by atoms with van der Waals surface area (Å²) in [7, 11) is 0. The molecule has 0 unspecified atom stereocenters. The average molecular weight is 441 g/mol. The molecule has 2 rings (SSSR count). The number of nitrogens with two attached hydrogens (primary N) is 1. The van der Waals surface area contributed by atoms with Gasteiger partial charge in [-0.25, -0.2) is 22.9 Å². The van der Waals surface area contributed by atoms with Gasteiger partial charge in [-0.3, -0.25) is 4.90 Å². The summed E-state index contributed by atoms with van der Waals surface area (Å²) in [6.45, 7) is 1.43. The van der Waals surface area contributed by atoms with Crippen molar-refractivity contribution in [1.29, 1.82) is 0 Å². The topological polar surface area (TPSA) is 92.8 Å². The highest BCUT2D eigenvalue weighted by atomic mass is 19.3. The molecule has 0 saturated carbocycles. The highest BCUT2D eigenvalue weighted by Crippen LogP contribution is 2.20. The average Bonchev–Trinajstić information content (AvgIpc) is 2.75. The van der Waals surface area contributed by atoms with Crippen molar-refractivity contribution in [2.45, 2.75) is 51.4 Å². The number of halogens is 3. The Morgan fingerprint density at radius 2 is 2.13 bits per heavy atom. The van der Waals surface area contributed by atoms with Crippen molar-refractivity contribution in [3.63, 3.8) is 0 Å². The maximum Gasteiger partial charge on any atom is 0.335 e. The summed E-state index contributed by atoms with van der Waals surface area (Å²) >= 11 is 0. The van der Waals surface area contributed by atoms with Gasteiger partial charge >= 0.3 is 5.97 Å². The van der Waals surface area contributed by atoms with Gasteiger partial charge in [0.05, 0.1) is 6.54 Å². The van der Waals surface area contributed by atoms with Crippen molar-refractivity contribution in [2.75, 3.05) is 31.5 Å². The minimum absolute atomic E-state index is 0.00289. The quantitative estimate of drug-likeness (QED) is 0.211. The highest BCUT2D eigenvalue weighted by Gasteiger charge is 2.14. The highest BCUT2D eigenvalue weighted by molar-refractivity contribution is 5.76. The van der Waals surface area contributed by atoms with Crippen LogP contribution in [-0.2, 0) is 22.5 Å². The van der Waals surface area contributed by atoms with E-state index in [-0.39, 0.29) is 13.0 Å². The van der Waals surface area contributed by atoms with Crippen LogP contribution >= 0.6 is 0 Å². The number of alkyl halides is 2. The first-order valence-corrected chi connectivity index (χ1v) is 10.5. The molecule has 0 aromatic carbocycles. The number of hydrogen-bond acceptors (Lipinski definition) is 7. The molecule has 0 fully saturated rings. The first-order valence-electron chi connectivity index (χ1n) is 10.5. The summed E-state index contributed by atoms with van der Waals surface area (Å²) in [4.78, 5) is 22.3. The number of hydrogen-bond donors (Lipinski definition) is 2. The summed E-state index contributed by atoms with van der Waals surface area (Å²) in [5, 5.41) is 6.47. The zero-order chi connectivity index (χ0) is 22.5. The summed E-state index contributed by atoms with van der Waals surface area (Å²) in [6.07, 6.45) is 3.77. The molecule has 0 aliphatic carbocycles. The Bertz CT molecular complexity index is 759. The number of fused-ring (bicyclic) bond motifs is 1. The van der Waals surface area contributed by atoms with Gasteiger partial charge in [-0.1, -0.05) is 11.2 Å². The maximum atomic E-state index is 12.9. The second-order valence-corrected chi connectivity index (χ2v) is 7.34. The predicted octanol–water partition coefficient (Wildman–Crippen LogP) is 3.41. The number of unbranched alkanes of at least 4 members (excludes halogenated alkanes) is 1. The number of carbonyl (C=O) groups excluding carboxylic acids is 1. The van der Waals surface area contributed by atoms with Crippen LogP contribution in [0.2, 0.25) is 0 Å². The molecule has 31 heavy (non-hydrogen) atoms. The van der Waals surface area contributed by atoms with Gasteiger partial charge in [-0.2, -0.15) is 0 Å². The molecule has 10 heteroatoms. The van der Waals surface area contributed by atoms with E-state index in [4.69, 9.17) is 5.73 Å². The fourth-order valence-electron chi connectivity index (χ4n) is 3.31. The van der Waals surface area contributed by atoms with Crippen molar-refractivity contribution < 1.29 is 22.8 Å². The maximum absolute atomic E-state index is 12.9. The van der Waals surface area contributed by atoms with Gasteiger partial charge in [0.2, 0.25) is 0 Å². The van der Waals surface area contributed by atoms with Gasteiger partial charge < -0.3 is 15.9 Å². The minimum Gasteiger partial charge on any atom is -0.402 e. The molecule has 1 aliphatic heterocycles. The summed E-state index contributed by atoms with van der Waals surface area (Å²) in [5.74, 6) is -0.538. The zero-order valence-corrected chi connectivity index (χ0v) is 17.5. The van der Waals surface area contributed by atoms with E-state index in [9.17, 15) is 18.0 Å². The Morgan fingerprint density at radius 3 is 2.90 bits per heavy atom. The number of nitrogens with zero attached hydrogens (tertiary/aromatic N) is 3. The number of rotatable bonds is 13. The van der Waals surface area contributed by atoms with E-state index in [0.29, 0.717) is 31.9 Å². The molecule has 0 spiro atoms. The molecule has 0 radical (unpaired) electrons. The van der Waals surface area contributed by atoms with Crippen LogP contribution in [-0.4, -0.2) is 54.7 Å². The van der Waals surface area contributed by atoms with E-state index in [1.807, 2.05) is 6.07 Å². The van der Waals surface area contributed by atoms with E-state index < -0.39 is 18.2 Å². The van der Waals surface area contributed by atoms with Gasteiger partial charge in [-0.05, 0) is 63.2 Å². The van der Waals surface area contributed by atoms with E-state index in [2.05, 4.69) is 26.4 Å². The van der Waals surface area contributed by atoms with E-state index in [1.165, 1.54) is 5.56 Å². The zero-order valence-electron chi connectivity index (χ0n) is 17.5. The van der Waals surface area contributed by atoms with E-state index in [0.717, 1.165) is 50.2 Å². The number of aryl methyl sites for hydroxylation is 2. The smallest absolute Gasteiger partial charge is 0.335 e. The lowest BCUT2D eigenvalue weighted by atomic mass is 10.1. The Morgan fingerprint density at radius 1 is 1.32 bits per heavy atom. The van der Waals surface area contributed by atoms with Crippen molar-refractivity contribution in [1.82, 2.24) is 9.88 Å². The number of oxime groups is 1. The molecule has 1 aromatic heterocycles. The molecule has 0 atom stereocenters. The lowest BCUT2D eigenvalue weighted by Gasteiger charge is -2.21. The number of nitrogens with one attached hydrogen (secondary N) is 1. The van der Waals surface area contributed by atoms with Gasteiger partial charge in [0, 0.05) is 24.9 Å². The summed E-state index contributed by atoms with van der Waals surface area (Å²) in [6, 6.07) is 4.14. The van der Waals surface area contributed by atoms with E-state index in [1.54, 1.807) is 4.90 Å². The molecule has 0 bridgehead atoms. The predicted molar refractivity (Wildman–Crippen MR) is 114 cm³/mol. The number of allylic oxidation sites excluding steroid dienone is 1. The van der Waals surface area contributed by atoms with Crippen LogP contribution in [0.25, 0.3) is 0 Å². The second-order valence-electron chi connectivity index (χ2n) is 7.34. The molecule has 3 N–H and O–H groups in total. The second kappa shape index (κ2) is 13.6. The fraction of sp³-hybridized carbons (Fsp3) is 0.571. The SMILES string of the molecule is N/C=C(F)\C=N\OC(=O)CCCN(CCCCc1ccc2c(n1)NCCC2)CC(F)F. The number of carbonyl (C=O) groups is 1. The lowest BCUT2D eigenvalue weighted by molar-refractivity contribution is -0.143. The van der Waals surface area contributed by atoms with Gasteiger partial charge in [0.1, 0.15) is 12.0 Å². The molecule has 2 heterocycles. The van der Waals surface area contributed by atoms with Gasteiger partial charge in [-0.15, -0.1) is 0 Å². The molecule has 0 saturated heterocycles. The first kappa shape index (κ1) is 24.6. The van der Waals surface area contributed by atoms with Crippen LogP contribution < -0.4 is 11.1 Å². The largest absolute Gasteiger partial charge is 0.402 e.